The number of ketones is 1. The first kappa shape index (κ1) is 12.0. The Balaban J connectivity index is 2.27. The molecule has 0 aliphatic rings. The molecule has 1 aromatic carbocycles. The van der Waals surface area contributed by atoms with Crippen molar-refractivity contribution in [1.82, 2.24) is 9.55 Å². The lowest BCUT2D eigenvalue weighted by Gasteiger charge is -2.01. The van der Waals surface area contributed by atoms with Gasteiger partial charge in [-0.2, -0.15) is 0 Å². The van der Waals surface area contributed by atoms with Crippen molar-refractivity contribution in [3.05, 3.63) is 47.0 Å². The summed E-state index contributed by atoms with van der Waals surface area (Å²) in [6, 6.07) is 7.87. The lowest BCUT2D eigenvalue weighted by atomic mass is 10.2. The quantitative estimate of drug-likeness (QED) is 0.807. The molecule has 3 nitrogen and oxygen atoms in total. The van der Waals surface area contributed by atoms with E-state index in [9.17, 15) is 4.79 Å². The maximum absolute atomic E-state index is 11.7. The van der Waals surface area contributed by atoms with Crippen LogP contribution in [-0.4, -0.2) is 15.3 Å². The Kier molecular flexibility index (Phi) is 3.74. The van der Waals surface area contributed by atoms with Crippen LogP contribution < -0.4 is 0 Å². The van der Waals surface area contributed by atoms with E-state index < -0.39 is 0 Å². The molecule has 0 aliphatic carbocycles. The molecule has 0 N–H and O–H groups in total. The summed E-state index contributed by atoms with van der Waals surface area (Å²) >= 11 is 3.42. The summed E-state index contributed by atoms with van der Waals surface area (Å²) in [6.07, 6.45) is 4.85. The van der Waals surface area contributed by atoms with Crippen LogP contribution in [0.15, 0.2) is 41.3 Å². The van der Waals surface area contributed by atoms with Crippen LogP contribution >= 0.6 is 15.9 Å². The molecule has 0 bridgehead atoms. The number of imidazole rings is 1. The van der Waals surface area contributed by atoms with Gasteiger partial charge in [-0.25, -0.2) is 4.98 Å². The molecule has 2 aromatic rings. The fourth-order valence-corrected chi connectivity index (χ4v) is 1.99. The molecular formula is C13H13BrN2O. The van der Waals surface area contributed by atoms with Gasteiger partial charge in [0.2, 0.25) is 0 Å². The maximum atomic E-state index is 11.7. The predicted molar refractivity (Wildman–Crippen MR) is 70.5 cm³/mol. The minimum absolute atomic E-state index is 0.0984. The molecule has 88 valence electrons. The minimum Gasteiger partial charge on any atom is -0.306 e. The van der Waals surface area contributed by atoms with Crippen molar-refractivity contribution in [3.8, 4) is 5.69 Å². The van der Waals surface area contributed by atoms with Crippen molar-refractivity contribution >= 4 is 21.7 Å². The zero-order valence-electron chi connectivity index (χ0n) is 9.56. The van der Waals surface area contributed by atoms with E-state index in [2.05, 4.69) is 20.9 Å². The van der Waals surface area contributed by atoms with Crippen molar-refractivity contribution in [2.75, 3.05) is 0 Å². The van der Waals surface area contributed by atoms with Crippen LogP contribution in [0.25, 0.3) is 5.69 Å². The van der Waals surface area contributed by atoms with E-state index in [1.165, 1.54) is 0 Å². The Morgan fingerprint density at radius 2 is 2.29 bits per heavy atom. The number of rotatable bonds is 4. The number of hydrogen-bond acceptors (Lipinski definition) is 2. The number of nitrogens with zero attached hydrogens (tertiary/aromatic N) is 2. The van der Waals surface area contributed by atoms with Crippen molar-refractivity contribution in [3.63, 3.8) is 0 Å². The van der Waals surface area contributed by atoms with Crippen LogP contribution in [0.1, 0.15) is 30.3 Å². The number of halogens is 1. The van der Waals surface area contributed by atoms with Crippen LogP contribution in [0.4, 0.5) is 0 Å². The number of hydrogen-bond donors (Lipinski definition) is 0. The molecule has 0 saturated heterocycles. The summed E-state index contributed by atoms with van der Waals surface area (Å²) in [5.74, 6) is 0.0984. The van der Waals surface area contributed by atoms with Crippen LogP contribution in [0, 0.1) is 0 Å². The normalized spacial score (nSPS) is 10.5. The molecule has 0 spiro atoms. The van der Waals surface area contributed by atoms with Crippen molar-refractivity contribution < 1.29 is 4.79 Å². The van der Waals surface area contributed by atoms with Gasteiger partial charge in [0.25, 0.3) is 0 Å². The van der Waals surface area contributed by atoms with Crippen LogP contribution in [0.3, 0.4) is 0 Å². The van der Waals surface area contributed by atoms with E-state index in [1.54, 1.807) is 12.5 Å². The molecule has 0 fully saturated rings. The predicted octanol–water partition coefficient (Wildman–Crippen LogP) is 3.62. The van der Waals surface area contributed by atoms with Gasteiger partial charge in [0, 0.05) is 22.8 Å². The third-order valence-electron chi connectivity index (χ3n) is 2.45. The molecule has 0 radical (unpaired) electrons. The summed E-state index contributed by atoms with van der Waals surface area (Å²) in [4.78, 5) is 15.8. The monoisotopic (exact) mass is 292 g/mol. The topological polar surface area (TPSA) is 34.9 Å². The van der Waals surface area contributed by atoms with Crippen molar-refractivity contribution in [2.24, 2.45) is 0 Å². The smallest absolute Gasteiger partial charge is 0.182 e. The Bertz CT molecular complexity index is 534. The number of aromatic nitrogens is 2. The van der Waals surface area contributed by atoms with Crippen molar-refractivity contribution in [1.29, 1.82) is 0 Å². The maximum Gasteiger partial charge on any atom is 0.182 e. The second-order valence-electron chi connectivity index (χ2n) is 3.82. The van der Waals surface area contributed by atoms with E-state index >= 15 is 0 Å². The molecule has 0 saturated carbocycles. The van der Waals surface area contributed by atoms with Crippen LogP contribution in [0.2, 0.25) is 0 Å². The van der Waals surface area contributed by atoms with Crippen LogP contribution in [-0.2, 0) is 0 Å². The molecule has 0 unspecified atom stereocenters. The molecule has 1 aromatic heterocycles. The first-order valence-corrected chi connectivity index (χ1v) is 6.33. The first-order chi connectivity index (χ1) is 8.20. The SMILES string of the molecule is CCCC(=O)c1cn(-c2cccc(Br)c2)cn1. The number of Topliss-reactive ketones (excluding diaryl/α,β-unsaturated/α-hetero) is 1. The van der Waals surface area contributed by atoms with Crippen LogP contribution in [0.5, 0.6) is 0 Å². The average molecular weight is 293 g/mol. The van der Waals surface area contributed by atoms with Gasteiger partial charge in [-0.1, -0.05) is 28.9 Å². The number of carbonyl (C=O) groups is 1. The van der Waals surface area contributed by atoms with E-state index in [4.69, 9.17) is 0 Å². The molecule has 0 atom stereocenters. The van der Waals surface area contributed by atoms with Gasteiger partial charge >= 0.3 is 0 Å². The van der Waals surface area contributed by atoms with Gasteiger partial charge in [0.1, 0.15) is 12.0 Å². The summed E-state index contributed by atoms with van der Waals surface area (Å²) < 4.78 is 2.86. The van der Waals surface area contributed by atoms with E-state index in [0.29, 0.717) is 12.1 Å². The highest BCUT2D eigenvalue weighted by molar-refractivity contribution is 9.10. The Hall–Kier alpha value is -1.42. The lowest BCUT2D eigenvalue weighted by Crippen LogP contribution is -1.98. The second kappa shape index (κ2) is 5.27. The Morgan fingerprint density at radius 3 is 3.00 bits per heavy atom. The molecule has 4 heteroatoms. The van der Waals surface area contributed by atoms with Gasteiger partial charge in [-0.15, -0.1) is 0 Å². The highest BCUT2D eigenvalue weighted by Crippen LogP contribution is 2.16. The summed E-state index contributed by atoms with van der Waals surface area (Å²) in [5, 5.41) is 0. The van der Waals surface area contributed by atoms with Gasteiger partial charge in [0.05, 0.1) is 0 Å². The fraction of sp³-hybridized carbons (Fsp3) is 0.231. The number of benzene rings is 1. The van der Waals surface area contributed by atoms with Gasteiger partial charge < -0.3 is 4.57 Å². The highest BCUT2D eigenvalue weighted by atomic mass is 79.9. The van der Waals surface area contributed by atoms with E-state index in [-0.39, 0.29) is 5.78 Å². The molecule has 0 amide bonds. The molecular weight excluding hydrogens is 280 g/mol. The number of carbonyl (C=O) groups excluding carboxylic acids is 1. The standard InChI is InChI=1S/C13H13BrN2O/c1-2-4-13(17)12-8-16(9-15-12)11-6-3-5-10(14)7-11/h3,5-9H,2,4H2,1H3. The highest BCUT2D eigenvalue weighted by Gasteiger charge is 2.08. The Labute approximate surface area is 109 Å². The van der Waals surface area contributed by atoms with Gasteiger partial charge in [-0.05, 0) is 24.6 Å². The average Bonchev–Trinajstić information content (AvgIpc) is 2.78. The molecule has 0 aliphatic heterocycles. The van der Waals surface area contributed by atoms with Gasteiger partial charge in [0.15, 0.2) is 5.78 Å². The molecule has 2 rings (SSSR count). The zero-order chi connectivity index (χ0) is 12.3. The summed E-state index contributed by atoms with van der Waals surface area (Å²) in [5.41, 5.74) is 1.52. The largest absolute Gasteiger partial charge is 0.306 e. The van der Waals surface area contributed by atoms with E-state index in [1.807, 2.05) is 35.8 Å². The van der Waals surface area contributed by atoms with Gasteiger partial charge in [-0.3, -0.25) is 4.79 Å². The zero-order valence-corrected chi connectivity index (χ0v) is 11.1. The summed E-state index contributed by atoms with van der Waals surface area (Å²) in [7, 11) is 0. The lowest BCUT2D eigenvalue weighted by molar-refractivity contribution is 0.0977. The Morgan fingerprint density at radius 1 is 1.47 bits per heavy atom. The van der Waals surface area contributed by atoms with Crippen molar-refractivity contribution in [2.45, 2.75) is 19.8 Å². The third kappa shape index (κ3) is 2.82. The minimum atomic E-state index is 0.0984. The first-order valence-electron chi connectivity index (χ1n) is 5.54. The molecule has 17 heavy (non-hydrogen) atoms. The van der Waals surface area contributed by atoms with E-state index in [0.717, 1.165) is 16.6 Å². The fourth-order valence-electron chi connectivity index (χ4n) is 1.60. The molecule has 1 heterocycles. The summed E-state index contributed by atoms with van der Waals surface area (Å²) in [6.45, 7) is 1.99. The third-order valence-corrected chi connectivity index (χ3v) is 2.94. The second-order valence-corrected chi connectivity index (χ2v) is 4.73.